The smallest absolute Gasteiger partial charge is 0.124 e. The first-order valence-electron chi connectivity index (χ1n) is 6.65. The zero-order valence-corrected chi connectivity index (χ0v) is 13.0. The molecular weight excluding hydrogens is 292 g/mol. The van der Waals surface area contributed by atoms with Crippen LogP contribution < -0.4 is 10.5 Å². The fraction of sp³-hybridized carbons (Fsp3) is 0.333. The topological polar surface area (TPSA) is 55.1 Å². The maximum atomic E-state index is 12.1. The number of unbranched alkanes of at least 4 members (excludes halogenated alkanes) is 2. The molecule has 0 fully saturated rings. The molecule has 5 heteroatoms. The Balaban J connectivity index is 0.00000200. The molecule has 3 nitrogen and oxygen atoms in total. The van der Waals surface area contributed by atoms with Crippen molar-refractivity contribution in [2.45, 2.75) is 24.2 Å². The number of fused-ring (bicyclic) bond motifs is 1. The highest BCUT2D eigenvalue weighted by Gasteiger charge is 2.03. The van der Waals surface area contributed by atoms with Gasteiger partial charge in [0.25, 0.3) is 0 Å². The molecule has 0 saturated heterocycles. The molecule has 0 aliphatic rings. The number of rotatable bonds is 7. The van der Waals surface area contributed by atoms with Crippen molar-refractivity contribution in [1.82, 2.24) is 4.72 Å². The van der Waals surface area contributed by atoms with Gasteiger partial charge in [-0.2, -0.15) is 0 Å². The van der Waals surface area contributed by atoms with E-state index in [1.165, 1.54) is 5.39 Å². The summed E-state index contributed by atoms with van der Waals surface area (Å²) in [6.45, 7) is 1.49. The second-order valence-corrected chi connectivity index (χ2v) is 5.82. The first-order valence-corrected chi connectivity index (χ1v) is 7.80. The van der Waals surface area contributed by atoms with Gasteiger partial charge in [-0.05, 0) is 42.3 Å². The fourth-order valence-corrected chi connectivity index (χ4v) is 2.90. The minimum Gasteiger partial charge on any atom is -0.330 e. The van der Waals surface area contributed by atoms with Crippen LogP contribution in [0.2, 0.25) is 0 Å². The third kappa shape index (κ3) is 4.87. The molecule has 2 rings (SSSR count). The van der Waals surface area contributed by atoms with Crippen LogP contribution in [0.4, 0.5) is 0 Å². The molecule has 20 heavy (non-hydrogen) atoms. The number of nitrogens with two attached hydrogens (primary N) is 1. The first kappa shape index (κ1) is 17.1. The Labute approximate surface area is 128 Å². The molecule has 0 aliphatic carbocycles. The van der Waals surface area contributed by atoms with Crippen LogP contribution in [0.3, 0.4) is 0 Å². The summed E-state index contributed by atoms with van der Waals surface area (Å²) in [5.74, 6) is 0. The van der Waals surface area contributed by atoms with Gasteiger partial charge < -0.3 is 5.73 Å². The van der Waals surface area contributed by atoms with E-state index in [1.807, 2.05) is 36.4 Å². The molecule has 0 heterocycles. The summed E-state index contributed by atoms with van der Waals surface area (Å²) in [4.78, 5) is 0.831. The van der Waals surface area contributed by atoms with Crippen LogP contribution in [-0.2, 0) is 11.0 Å². The Kier molecular flexibility index (Phi) is 7.77. The number of hydrogen-bond donors (Lipinski definition) is 2. The van der Waals surface area contributed by atoms with Crippen molar-refractivity contribution < 1.29 is 4.21 Å². The molecular formula is C15H21ClN2OS. The normalized spacial score (nSPS) is 12.1. The van der Waals surface area contributed by atoms with Crippen LogP contribution >= 0.6 is 12.4 Å². The second kappa shape index (κ2) is 9.08. The molecule has 0 bridgehead atoms. The number of hydrogen-bond acceptors (Lipinski definition) is 2. The summed E-state index contributed by atoms with van der Waals surface area (Å²) in [6, 6.07) is 14.0. The summed E-state index contributed by atoms with van der Waals surface area (Å²) in [5, 5.41) is 2.30. The van der Waals surface area contributed by atoms with E-state index >= 15 is 0 Å². The SMILES string of the molecule is Cl.NCCCCCNS(=O)c1ccc2ccccc2c1. The van der Waals surface area contributed by atoms with E-state index in [2.05, 4.69) is 10.8 Å². The average Bonchev–Trinajstić information content (AvgIpc) is 2.46. The molecule has 2 aromatic rings. The number of nitrogens with one attached hydrogen (secondary N) is 1. The van der Waals surface area contributed by atoms with Gasteiger partial charge >= 0.3 is 0 Å². The molecule has 0 spiro atoms. The quantitative estimate of drug-likeness (QED) is 0.772. The zero-order chi connectivity index (χ0) is 13.5. The summed E-state index contributed by atoms with van der Waals surface area (Å²) in [7, 11) is -1.13. The Morgan fingerprint density at radius 2 is 1.75 bits per heavy atom. The highest BCUT2D eigenvalue weighted by atomic mass is 35.5. The maximum absolute atomic E-state index is 12.1. The van der Waals surface area contributed by atoms with Gasteiger partial charge in [-0.3, -0.25) is 0 Å². The predicted octanol–water partition coefficient (Wildman–Crippen LogP) is 3.00. The lowest BCUT2D eigenvalue weighted by Gasteiger charge is -2.06. The van der Waals surface area contributed by atoms with Crippen molar-refractivity contribution >= 4 is 34.2 Å². The molecule has 1 atom stereocenters. The summed E-state index contributed by atoms with van der Waals surface area (Å²) < 4.78 is 15.2. The van der Waals surface area contributed by atoms with Crippen molar-refractivity contribution in [2.75, 3.05) is 13.1 Å². The standard InChI is InChI=1S/C15H20N2OS.ClH/c16-10-4-1-5-11-17-19(18)15-9-8-13-6-2-3-7-14(13)12-15;/h2-3,6-9,12,17H,1,4-5,10-11,16H2;1H. The van der Waals surface area contributed by atoms with Gasteiger partial charge in [-0.25, -0.2) is 8.93 Å². The third-order valence-corrected chi connectivity index (χ3v) is 4.20. The molecule has 2 aromatic carbocycles. The Bertz CT molecular complexity index is 562. The first-order chi connectivity index (χ1) is 9.31. The molecule has 3 N–H and O–H groups in total. The Morgan fingerprint density at radius 3 is 2.50 bits per heavy atom. The molecule has 0 aromatic heterocycles. The maximum Gasteiger partial charge on any atom is 0.124 e. The van der Waals surface area contributed by atoms with Gasteiger partial charge in [0.2, 0.25) is 0 Å². The van der Waals surface area contributed by atoms with Crippen LogP contribution in [-0.4, -0.2) is 17.3 Å². The van der Waals surface area contributed by atoms with Crippen LogP contribution in [0.25, 0.3) is 10.8 Å². The third-order valence-electron chi connectivity index (χ3n) is 3.05. The molecule has 0 amide bonds. The van der Waals surface area contributed by atoms with Crippen LogP contribution in [0.5, 0.6) is 0 Å². The van der Waals surface area contributed by atoms with E-state index in [1.54, 1.807) is 0 Å². The molecule has 0 saturated carbocycles. The summed E-state index contributed by atoms with van der Waals surface area (Å²) in [6.07, 6.45) is 3.12. The van der Waals surface area contributed by atoms with E-state index in [0.717, 1.165) is 42.6 Å². The van der Waals surface area contributed by atoms with Crippen molar-refractivity contribution in [3.05, 3.63) is 42.5 Å². The van der Waals surface area contributed by atoms with Gasteiger partial charge in [0.15, 0.2) is 0 Å². The second-order valence-electron chi connectivity index (χ2n) is 4.52. The zero-order valence-electron chi connectivity index (χ0n) is 11.4. The van der Waals surface area contributed by atoms with E-state index < -0.39 is 11.0 Å². The minimum absolute atomic E-state index is 0. The Hall–Kier alpha value is -0.940. The van der Waals surface area contributed by atoms with Crippen molar-refractivity contribution in [1.29, 1.82) is 0 Å². The minimum atomic E-state index is -1.13. The van der Waals surface area contributed by atoms with Gasteiger partial charge in [-0.15, -0.1) is 12.4 Å². The van der Waals surface area contributed by atoms with Crippen LogP contribution in [0.15, 0.2) is 47.4 Å². The lowest BCUT2D eigenvalue weighted by atomic mass is 10.1. The highest BCUT2D eigenvalue weighted by Crippen LogP contribution is 2.17. The fourth-order valence-electron chi connectivity index (χ4n) is 1.98. The molecule has 110 valence electrons. The van der Waals surface area contributed by atoms with E-state index in [-0.39, 0.29) is 12.4 Å². The van der Waals surface area contributed by atoms with E-state index in [4.69, 9.17) is 5.73 Å². The lowest BCUT2D eigenvalue weighted by Crippen LogP contribution is -2.18. The molecule has 0 radical (unpaired) electrons. The van der Waals surface area contributed by atoms with Gasteiger partial charge in [0.1, 0.15) is 11.0 Å². The molecule has 1 unspecified atom stereocenters. The lowest BCUT2D eigenvalue weighted by molar-refractivity contribution is 0.650. The number of halogens is 1. The van der Waals surface area contributed by atoms with Crippen LogP contribution in [0, 0.1) is 0 Å². The van der Waals surface area contributed by atoms with Gasteiger partial charge in [0.05, 0.1) is 4.90 Å². The highest BCUT2D eigenvalue weighted by molar-refractivity contribution is 7.83. The van der Waals surface area contributed by atoms with Crippen molar-refractivity contribution in [3.8, 4) is 0 Å². The monoisotopic (exact) mass is 312 g/mol. The van der Waals surface area contributed by atoms with Crippen molar-refractivity contribution in [3.63, 3.8) is 0 Å². The summed E-state index contributed by atoms with van der Waals surface area (Å²) in [5.41, 5.74) is 5.43. The van der Waals surface area contributed by atoms with Crippen LogP contribution in [0.1, 0.15) is 19.3 Å². The van der Waals surface area contributed by atoms with E-state index in [9.17, 15) is 4.21 Å². The molecule has 0 aliphatic heterocycles. The predicted molar refractivity (Wildman–Crippen MR) is 88.5 cm³/mol. The van der Waals surface area contributed by atoms with E-state index in [0.29, 0.717) is 0 Å². The average molecular weight is 313 g/mol. The van der Waals surface area contributed by atoms with Crippen molar-refractivity contribution in [2.24, 2.45) is 5.73 Å². The Morgan fingerprint density at radius 1 is 1.00 bits per heavy atom. The number of benzene rings is 2. The van der Waals surface area contributed by atoms with Gasteiger partial charge in [-0.1, -0.05) is 36.8 Å². The summed E-state index contributed by atoms with van der Waals surface area (Å²) >= 11 is 0. The largest absolute Gasteiger partial charge is 0.330 e. The van der Waals surface area contributed by atoms with Gasteiger partial charge in [0, 0.05) is 6.54 Å².